The summed E-state index contributed by atoms with van der Waals surface area (Å²) in [7, 11) is 0. The van der Waals surface area contributed by atoms with Gasteiger partial charge >= 0.3 is 0 Å². The van der Waals surface area contributed by atoms with Gasteiger partial charge in [0.15, 0.2) is 0 Å². The molecule has 1 atom stereocenters. The maximum atomic E-state index is 2.62. The lowest BCUT2D eigenvalue weighted by Gasteiger charge is -2.28. The summed E-state index contributed by atoms with van der Waals surface area (Å²) in [5.41, 5.74) is 2.88. The molecule has 1 aromatic carbocycles. The van der Waals surface area contributed by atoms with E-state index >= 15 is 0 Å². The fraction of sp³-hybridized carbons (Fsp3) is 0.571. The minimum absolute atomic E-state index is 0.657. The van der Waals surface area contributed by atoms with Gasteiger partial charge in [0.25, 0.3) is 0 Å². The Bertz CT molecular complexity index is 330. The second-order valence-electron chi connectivity index (χ2n) is 4.90. The Labute approximate surface area is 93.1 Å². The van der Waals surface area contributed by atoms with Crippen LogP contribution in [0.4, 0.5) is 0 Å². The zero-order valence-electron chi connectivity index (χ0n) is 10.0. The average molecular weight is 203 g/mol. The summed E-state index contributed by atoms with van der Waals surface area (Å²) in [6.45, 7) is 8.04. The zero-order chi connectivity index (χ0) is 10.8. The van der Waals surface area contributed by atoms with Gasteiger partial charge < -0.3 is 0 Å². The van der Waals surface area contributed by atoms with E-state index in [0.29, 0.717) is 12.1 Å². The monoisotopic (exact) mass is 203 g/mol. The third kappa shape index (κ3) is 2.23. The molecule has 0 aliphatic carbocycles. The Hall–Kier alpha value is -0.820. The summed E-state index contributed by atoms with van der Waals surface area (Å²) >= 11 is 0. The van der Waals surface area contributed by atoms with Crippen molar-refractivity contribution < 1.29 is 0 Å². The molecule has 0 bridgehead atoms. The second kappa shape index (κ2) is 4.36. The third-order valence-electron chi connectivity index (χ3n) is 3.38. The molecule has 0 radical (unpaired) electrons. The maximum absolute atomic E-state index is 2.62. The van der Waals surface area contributed by atoms with Crippen molar-refractivity contribution in [1.29, 1.82) is 0 Å². The Kier molecular flexibility index (Phi) is 3.11. The highest BCUT2D eigenvalue weighted by Crippen LogP contribution is 2.33. The zero-order valence-corrected chi connectivity index (χ0v) is 10.0. The van der Waals surface area contributed by atoms with E-state index in [4.69, 9.17) is 0 Å². The van der Waals surface area contributed by atoms with Crippen molar-refractivity contribution in [3.63, 3.8) is 0 Å². The van der Waals surface area contributed by atoms with Crippen molar-refractivity contribution in [2.75, 3.05) is 6.54 Å². The molecule has 0 spiro atoms. The van der Waals surface area contributed by atoms with Crippen LogP contribution in [-0.2, 0) is 0 Å². The first-order chi connectivity index (χ1) is 7.18. The van der Waals surface area contributed by atoms with Gasteiger partial charge in [-0.3, -0.25) is 4.90 Å². The molecule has 1 heterocycles. The highest BCUT2D eigenvalue weighted by atomic mass is 15.2. The van der Waals surface area contributed by atoms with Crippen LogP contribution in [0.3, 0.4) is 0 Å². The summed E-state index contributed by atoms with van der Waals surface area (Å²) in [6, 6.07) is 10.3. The molecule has 0 saturated carbocycles. The maximum Gasteiger partial charge on any atom is 0.0351 e. The molecule has 1 aliphatic rings. The van der Waals surface area contributed by atoms with Crippen LogP contribution < -0.4 is 0 Å². The lowest BCUT2D eigenvalue weighted by Crippen LogP contribution is -2.30. The summed E-state index contributed by atoms with van der Waals surface area (Å²) in [4.78, 5) is 2.62. The van der Waals surface area contributed by atoms with Crippen molar-refractivity contribution in [2.24, 2.45) is 0 Å². The van der Waals surface area contributed by atoms with Gasteiger partial charge in [-0.05, 0) is 45.7 Å². The average Bonchev–Trinajstić information content (AvgIpc) is 2.65. The molecule has 0 aromatic heterocycles. The van der Waals surface area contributed by atoms with Gasteiger partial charge in [-0.15, -0.1) is 0 Å². The summed E-state index contributed by atoms with van der Waals surface area (Å²) in [5.74, 6) is 0. The molecule has 0 N–H and O–H groups in total. The van der Waals surface area contributed by atoms with E-state index in [1.807, 2.05) is 0 Å². The minimum Gasteiger partial charge on any atom is -0.294 e. The number of benzene rings is 1. The SMILES string of the molecule is Cc1cccc(C2CCCN2C(C)C)c1. The van der Waals surface area contributed by atoms with Crippen LogP contribution in [0.5, 0.6) is 0 Å². The highest BCUT2D eigenvalue weighted by molar-refractivity contribution is 5.25. The van der Waals surface area contributed by atoms with E-state index in [1.165, 1.54) is 30.5 Å². The molecular weight excluding hydrogens is 182 g/mol. The van der Waals surface area contributed by atoms with Crippen molar-refractivity contribution in [1.82, 2.24) is 4.90 Å². The summed E-state index contributed by atoms with van der Waals surface area (Å²) in [6.07, 6.45) is 2.67. The van der Waals surface area contributed by atoms with Gasteiger partial charge in [0, 0.05) is 12.1 Å². The fourth-order valence-corrected chi connectivity index (χ4v) is 2.64. The highest BCUT2D eigenvalue weighted by Gasteiger charge is 2.27. The van der Waals surface area contributed by atoms with Crippen molar-refractivity contribution in [3.05, 3.63) is 35.4 Å². The molecule has 1 fully saturated rings. The van der Waals surface area contributed by atoms with Crippen LogP contribution in [0.25, 0.3) is 0 Å². The molecule has 2 rings (SSSR count). The van der Waals surface area contributed by atoms with Crippen LogP contribution in [0, 0.1) is 6.92 Å². The second-order valence-corrected chi connectivity index (χ2v) is 4.90. The van der Waals surface area contributed by atoms with Gasteiger partial charge in [-0.2, -0.15) is 0 Å². The Morgan fingerprint density at radius 3 is 2.80 bits per heavy atom. The number of hydrogen-bond donors (Lipinski definition) is 0. The predicted octanol–water partition coefficient (Wildman–Crippen LogP) is 3.54. The van der Waals surface area contributed by atoms with Crippen LogP contribution in [0.2, 0.25) is 0 Å². The Balaban J connectivity index is 2.22. The van der Waals surface area contributed by atoms with Crippen molar-refractivity contribution in [3.8, 4) is 0 Å². The smallest absolute Gasteiger partial charge is 0.0351 e. The van der Waals surface area contributed by atoms with Crippen LogP contribution in [-0.4, -0.2) is 17.5 Å². The van der Waals surface area contributed by atoms with E-state index in [0.717, 1.165) is 0 Å². The normalized spacial score (nSPS) is 22.5. The number of likely N-dealkylation sites (tertiary alicyclic amines) is 1. The lowest BCUT2D eigenvalue weighted by atomic mass is 10.0. The van der Waals surface area contributed by atoms with Gasteiger partial charge in [0.1, 0.15) is 0 Å². The van der Waals surface area contributed by atoms with Gasteiger partial charge in [-0.25, -0.2) is 0 Å². The summed E-state index contributed by atoms with van der Waals surface area (Å²) in [5, 5.41) is 0. The Morgan fingerprint density at radius 1 is 1.33 bits per heavy atom. The van der Waals surface area contributed by atoms with Gasteiger partial charge in [-0.1, -0.05) is 29.8 Å². The van der Waals surface area contributed by atoms with E-state index in [9.17, 15) is 0 Å². The number of rotatable bonds is 2. The van der Waals surface area contributed by atoms with Crippen LogP contribution >= 0.6 is 0 Å². The molecule has 1 aromatic rings. The van der Waals surface area contributed by atoms with Gasteiger partial charge in [0.05, 0.1) is 0 Å². The fourth-order valence-electron chi connectivity index (χ4n) is 2.64. The van der Waals surface area contributed by atoms with Crippen LogP contribution in [0.1, 0.15) is 43.9 Å². The number of nitrogens with zero attached hydrogens (tertiary/aromatic N) is 1. The summed E-state index contributed by atoms with van der Waals surface area (Å²) < 4.78 is 0. The first kappa shape index (κ1) is 10.7. The molecule has 0 amide bonds. The molecule has 1 unspecified atom stereocenters. The number of aryl methyl sites for hydroxylation is 1. The molecule has 82 valence electrons. The van der Waals surface area contributed by atoms with E-state index in [2.05, 4.69) is 49.9 Å². The first-order valence-electron chi connectivity index (χ1n) is 6.01. The van der Waals surface area contributed by atoms with Gasteiger partial charge in [0.2, 0.25) is 0 Å². The quantitative estimate of drug-likeness (QED) is 0.710. The topological polar surface area (TPSA) is 3.24 Å². The van der Waals surface area contributed by atoms with E-state index < -0.39 is 0 Å². The predicted molar refractivity (Wildman–Crippen MR) is 65.0 cm³/mol. The number of hydrogen-bond acceptors (Lipinski definition) is 1. The molecule has 1 heteroatoms. The van der Waals surface area contributed by atoms with E-state index in [-0.39, 0.29) is 0 Å². The Morgan fingerprint density at radius 2 is 2.13 bits per heavy atom. The first-order valence-corrected chi connectivity index (χ1v) is 6.01. The van der Waals surface area contributed by atoms with Crippen molar-refractivity contribution in [2.45, 2.75) is 45.7 Å². The molecule has 1 saturated heterocycles. The van der Waals surface area contributed by atoms with Crippen molar-refractivity contribution >= 4 is 0 Å². The van der Waals surface area contributed by atoms with E-state index in [1.54, 1.807) is 0 Å². The third-order valence-corrected chi connectivity index (χ3v) is 3.38. The molecule has 15 heavy (non-hydrogen) atoms. The molecule has 1 nitrogen and oxygen atoms in total. The largest absolute Gasteiger partial charge is 0.294 e. The minimum atomic E-state index is 0.657. The lowest BCUT2D eigenvalue weighted by molar-refractivity contribution is 0.205. The standard InChI is InChI=1S/C14H21N/c1-11(2)15-9-5-8-14(15)13-7-4-6-12(3)10-13/h4,6-7,10-11,14H,5,8-9H2,1-3H3. The molecule has 1 aliphatic heterocycles. The van der Waals surface area contributed by atoms with Crippen LogP contribution in [0.15, 0.2) is 24.3 Å². The molecular formula is C14H21N.